The van der Waals surface area contributed by atoms with Gasteiger partial charge in [-0.25, -0.2) is 0 Å². The van der Waals surface area contributed by atoms with Gasteiger partial charge in [0.15, 0.2) is 0 Å². The van der Waals surface area contributed by atoms with Gasteiger partial charge in [0.05, 0.1) is 5.75 Å². The molecule has 3 nitrogen and oxygen atoms in total. The van der Waals surface area contributed by atoms with Crippen molar-refractivity contribution in [1.29, 1.82) is 0 Å². The van der Waals surface area contributed by atoms with Crippen molar-refractivity contribution in [3.8, 4) is 0 Å². The predicted molar refractivity (Wildman–Crippen MR) is 95.5 cm³/mol. The lowest BCUT2D eigenvalue weighted by atomic mass is 9.99. The Morgan fingerprint density at radius 1 is 1.41 bits per heavy atom. The van der Waals surface area contributed by atoms with Crippen molar-refractivity contribution in [2.75, 3.05) is 25.4 Å². The molecule has 0 spiro atoms. The Morgan fingerprint density at radius 2 is 2.18 bits per heavy atom. The maximum Gasteiger partial charge on any atom is 0.232 e. The van der Waals surface area contributed by atoms with Gasteiger partial charge in [0.1, 0.15) is 0 Å². The summed E-state index contributed by atoms with van der Waals surface area (Å²) in [7, 11) is 0. The van der Waals surface area contributed by atoms with Crippen LogP contribution in [0, 0.1) is 5.92 Å². The monoisotopic (exact) mass is 340 g/mol. The molecule has 1 heterocycles. The van der Waals surface area contributed by atoms with Crippen molar-refractivity contribution in [3.05, 3.63) is 34.9 Å². The molecule has 2 rings (SSSR count). The molecule has 0 saturated carbocycles. The Bertz CT molecular complexity index is 509. The van der Waals surface area contributed by atoms with Gasteiger partial charge in [0.25, 0.3) is 0 Å². The second-order valence-electron chi connectivity index (χ2n) is 6.38. The van der Waals surface area contributed by atoms with Gasteiger partial charge in [-0.3, -0.25) is 9.69 Å². The summed E-state index contributed by atoms with van der Waals surface area (Å²) in [5, 5.41) is 0.779. The number of hydrogen-bond acceptors (Lipinski definition) is 3. The van der Waals surface area contributed by atoms with Gasteiger partial charge in [-0.1, -0.05) is 37.6 Å². The third-order valence-corrected chi connectivity index (χ3v) is 4.62. The summed E-state index contributed by atoms with van der Waals surface area (Å²) in [6, 6.07) is 8.44. The van der Waals surface area contributed by atoms with Gasteiger partial charge in [-0.15, -0.1) is 0 Å². The van der Waals surface area contributed by atoms with Crippen LogP contribution in [0.25, 0.3) is 0 Å². The highest BCUT2D eigenvalue weighted by atomic mass is 35.5. The average Bonchev–Trinajstić information content (AvgIpc) is 2.47. The minimum Gasteiger partial charge on any atom is -0.339 e. The number of carbonyl (C=O) groups is 1. The summed E-state index contributed by atoms with van der Waals surface area (Å²) in [6.07, 6.45) is 1.09. The third kappa shape index (κ3) is 4.90. The third-order valence-electron chi connectivity index (χ3n) is 4.11. The summed E-state index contributed by atoms with van der Waals surface area (Å²) in [5.74, 6) is 1.04. The fourth-order valence-corrected chi connectivity index (χ4v) is 3.48. The van der Waals surface area contributed by atoms with E-state index in [1.807, 2.05) is 23.1 Å². The number of nitrogens with zero attached hydrogens (tertiary/aromatic N) is 2. The lowest BCUT2D eigenvalue weighted by Crippen LogP contribution is -2.55. The molecule has 1 atom stereocenters. The Kier molecular flexibility index (Phi) is 6.60. The van der Waals surface area contributed by atoms with E-state index in [1.165, 1.54) is 5.56 Å². The summed E-state index contributed by atoms with van der Waals surface area (Å²) in [6.45, 7) is 7.85. The van der Waals surface area contributed by atoms with E-state index in [4.69, 9.17) is 11.6 Å². The standard InChI is InChI=1S/C17H25ClN2OS/c1-13(2)8-16-11-20(17(21)12-22)7-6-19(16)10-14-4-3-5-15(18)9-14/h3-5,9,13,16,22H,6-8,10-12H2,1-2H3/t16-/m1/s1. The molecule has 1 saturated heterocycles. The minimum absolute atomic E-state index is 0.138. The van der Waals surface area contributed by atoms with Crippen LogP contribution in [0.5, 0.6) is 0 Å². The Labute approximate surface area is 144 Å². The number of halogens is 1. The van der Waals surface area contributed by atoms with E-state index in [0.29, 0.717) is 17.7 Å². The van der Waals surface area contributed by atoms with Crippen molar-refractivity contribution in [1.82, 2.24) is 9.80 Å². The number of carbonyl (C=O) groups excluding carboxylic acids is 1. The fourth-order valence-electron chi connectivity index (χ4n) is 3.07. The van der Waals surface area contributed by atoms with E-state index < -0.39 is 0 Å². The quantitative estimate of drug-likeness (QED) is 0.831. The predicted octanol–water partition coefficient (Wildman–Crippen LogP) is 3.33. The van der Waals surface area contributed by atoms with Gasteiger partial charge in [-0.05, 0) is 30.0 Å². The fraction of sp³-hybridized carbons (Fsp3) is 0.588. The van der Waals surface area contributed by atoms with Crippen LogP contribution < -0.4 is 0 Å². The molecule has 5 heteroatoms. The van der Waals surface area contributed by atoms with Crippen LogP contribution in [-0.2, 0) is 11.3 Å². The Balaban J connectivity index is 2.06. The largest absolute Gasteiger partial charge is 0.339 e. The van der Waals surface area contributed by atoms with E-state index in [2.05, 4.69) is 37.4 Å². The molecule has 1 aromatic rings. The lowest BCUT2D eigenvalue weighted by molar-refractivity contribution is -0.131. The second-order valence-corrected chi connectivity index (χ2v) is 7.13. The lowest BCUT2D eigenvalue weighted by Gasteiger charge is -2.42. The van der Waals surface area contributed by atoms with E-state index in [-0.39, 0.29) is 5.91 Å². The topological polar surface area (TPSA) is 23.6 Å². The van der Waals surface area contributed by atoms with E-state index in [0.717, 1.165) is 37.6 Å². The van der Waals surface area contributed by atoms with Crippen molar-refractivity contribution in [2.24, 2.45) is 5.92 Å². The summed E-state index contributed by atoms with van der Waals surface area (Å²) in [4.78, 5) is 16.4. The second kappa shape index (κ2) is 8.23. The Morgan fingerprint density at radius 3 is 2.82 bits per heavy atom. The molecule has 1 aliphatic rings. The van der Waals surface area contributed by atoms with Crippen LogP contribution in [0.4, 0.5) is 0 Å². The van der Waals surface area contributed by atoms with E-state index in [1.54, 1.807) is 0 Å². The number of amides is 1. The highest BCUT2D eigenvalue weighted by Gasteiger charge is 2.29. The molecule has 1 aromatic carbocycles. The van der Waals surface area contributed by atoms with Gasteiger partial charge < -0.3 is 4.90 Å². The van der Waals surface area contributed by atoms with Crippen molar-refractivity contribution >= 4 is 30.1 Å². The number of thiol groups is 1. The highest BCUT2D eigenvalue weighted by Crippen LogP contribution is 2.21. The first-order valence-electron chi connectivity index (χ1n) is 7.86. The van der Waals surface area contributed by atoms with E-state index >= 15 is 0 Å². The molecular formula is C17H25ClN2OS. The van der Waals surface area contributed by atoms with Crippen LogP contribution in [0.2, 0.25) is 5.02 Å². The molecule has 0 aliphatic carbocycles. The van der Waals surface area contributed by atoms with Gasteiger partial charge in [-0.2, -0.15) is 12.6 Å². The number of piperazine rings is 1. The zero-order valence-electron chi connectivity index (χ0n) is 13.3. The molecule has 1 amide bonds. The first kappa shape index (κ1) is 17.6. The number of hydrogen-bond donors (Lipinski definition) is 1. The number of benzene rings is 1. The molecule has 0 aromatic heterocycles. The van der Waals surface area contributed by atoms with Gasteiger partial charge in [0.2, 0.25) is 5.91 Å². The molecule has 1 aliphatic heterocycles. The first-order valence-corrected chi connectivity index (χ1v) is 8.87. The molecule has 22 heavy (non-hydrogen) atoms. The first-order chi connectivity index (χ1) is 10.5. The number of rotatable bonds is 5. The Hall–Kier alpha value is -0.710. The zero-order valence-corrected chi connectivity index (χ0v) is 15.0. The van der Waals surface area contributed by atoms with Crippen LogP contribution >= 0.6 is 24.2 Å². The smallest absolute Gasteiger partial charge is 0.232 e. The molecule has 0 bridgehead atoms. The van der Waals surface area contributed by atoms with Crippen LogP contribution in [0.3, 0.4) is 0 Å². The zero-order chi connectivity index (χ0) is 16.1. The van der Waals surface area contributed by atoms with Crippen molar-refractivity contribution < 1.29 is 4.79 Å². The molecular weight excluding hydrogens is 316 g/mol. The normalized spacial score (nSPS) is 19.7. The summed E-state index contributed by atoms with van der Waals surface area (Å²) >= 11 is 10.2. The van der Waals surface area contributed by atoms with Gasteiger partial charge in [0, 0.05) is 37.2 Å². The summed E-state index contributed by atoms with van der Waals surface area (Å²) < 4.78 is 0. The van der Waals surface area contributed by atoms with Crippen LogP contribution in [0.1, 0.15) is 25.8 Å². The van der Waals surface area contributed by atoms with Crippen molar-refractivity contribution in [3.63, 3.8) is 0 Å². The average molecular weight is 341 g/mol. The maximum absolute atomic E-state index is 11.9. The van der Waals surface area contributed by atoms with E-state index in [9.17, 15) is 4.79 Å². The van der Waals surface area contributed by atoms with Crippen molar-refractivity contribution in [2.45, 2.75) is 32.9 Å². The maximum atomic E-state index is 11.9. The van der Waals surface area contributed by atoms with Gasteiger partial charge >= 0.3 is 0 Å². The SMILES string of the molecule is CC(C)C[C@@H]1CN(C(=O)CS)CCN1Cc1cccc(Cl)c1. The molecule has 0 radical (unpaired) electrons. The molecule has 1 fully saturated rings. The highest BCUT2D eigenvalue weighted by molar-refractivity contribution is 7.81. The summed E-state index contributed by atoms with van der Waals surface area (Å²) in [5.41, 5.74) is 1.23. The molecule has 0 unspecified atom stereocenters. The molecule has 0 N–H and O–H groups in total. The van der Waals surface area contributed by atoms with Crippen LogP contribution in [-0.4, -0.2) is 47.1 Å². The minimum atomic E-state index is 0.138. The molecule has 122 valence electrons. The van der Waals surface area contributed by atoms with Crippen LogP contribution in [0.15, 0.2) is 24.3 Å².